The number of rotatable bonds is 4. The van der Waals surface area contributed by atoms with Crippen LogP contribution in [0.2, 0.25) is 0 Å². The Balaban J connectivity index is 1.81. The lowest BCUT2D eigenvalue weighted by Gasteiger charge is -2.33. The van der Waals surface area contributed by atoms with E-state index < -0.39 is 0 Å². The number of aliphatic hydroxyl groups excluding tert-OH is 1. The maximum Gasteiger partial charge on any atom is 0.0583 e. The fourth-order valence-corrected chi connectivity index (χ4v) is 4.00. The molecule has 0 radical (unpaired) electrons. The van der Waals surface area contributed by atoms with Crippen molar-refractivity contribution in [2.75, 3.05) is 13.1 Å². The fourth-order valence-electron chi connectivity index (χ4n) is 4.00. The van der Waals surface area contributed by atoms with E-state index in [1.807, 2.05) is 12.3 Å². The standard InChI is InChI=1S/C16H25N3O/c1-2-14(17)16(11-4-3-7-18-8-11)19-9-12-5-6-15(20)13(12)10-19/h3-4,7-8,12-16,20H,2,5-6,9-10,17H2,1H3. The Morgan fingerprint density at radius 2 is 2.30 bits per heavy atom. The first kappa shape index (κ1) is 14.0. The van der Waals surface area contributed by atoms with Crippen LogP contribution < -0.4 is 5.73 Å². The molecule has 4 nitrogen and oxygen atoms in total. The summed E-state index contributed by atoms with van der Waals surface area (Å²) in [7, 11) is 0. The van der Waals surface area contributed by atoms with Crippen LogP contribution >= 0.6 is 0 Å². The average molecular weight is 275 g/mol. The van der Waals surface area contributed by atoms with E-state index in [1.54, 1.807) is 6.20 Å². The van der Waals surface area contributed by atoms with Crippen LogP contribution in [-0.2, 0) is 0 Å². The molecule has 1 aromatic rings. The maximum absolute atomic E-state index is 10.1. The number of hydrogen-bond acceptors (Lipinski definition) is 4. The van der Waals surface area contributed by atoms with Gasteiger partial charge in [-0.3, -0.25) is 9.88 Å². The molecule has 5 unspecified atom stereocenters. The van der Waals surface area contributed by atoms with Gasteiger partial charge in [-0.15, -0.1) is 0 Å². The molecule has 0 spiro atoms. The van der Waals surface area contributed by atoms with Crippen LogP contribution in [0.1, 0.15) is 37.8 Å². The van der Waals surface area contributed by atoms with Crippen molar-refractivity contribution < 1.29 is 5.11 Å². The second kappa shape index (κ2) is 5.80. The Kier molecular flexibility index (Phi) is 4.06. The van der Waals surface area contributed by atoms with Crippen molar-refractivity contribution in [3.05, 3.63) is 30.1 Å². The number of fused-ring (bicyclic) bond motifs is 1. The molecule has 0 amide bonds. The first-order valence-corrected chi connectivity index (χ1v) is 7.78. The fraction of sp³-hybridized carbons (Fsp3) is 0.688. The average Bonchev–Trinajstić information content (AvgIpc) is 3.03. The minimum Gasteiger partial charge on any atom is -0.393 e. The van der Waals surface area contributed by atoms with Gasteiger partial charge in [0.2, 0.25) is 0 Å². The molecule has 1 aliphatic carbocycles. The Morgan fingerprint density at radius 3 is 2.95 bits per heavy atom. The molecular formula is C16H25N3O. The van der Waals surface area contributed by atoms with E-state index in [1.165, 1.54) is 5.56 Å². The molecule has 110 valence electrons. The summed E-state index contributed by atoms with van der Waals surface area (Å²) in [5, 5.41) is 10.1. The summed E-state index contributed by atoms with van der Waals surface area (Å²) in [4.78, 5) is 6.72. The van der Waals surface area contributed by atoms with Crippen LogP contribution in [0.15, 0.2) is 24.5 Å². The zero-order valence-corrected chi connectivity index (χ0v) is 12.2. The first-order valence-electron chi connectivity index (χ1n) is 7.78. The third-order valence-electron chi connectivity index (χ3n) is 5.14. The Hall–Kier alpha value is -0.970. The monoisotopic (exact) mass is 275 g/mol. The van der Waals surface area contributed by atoms with Gasteiger partial charge < -0.3 is 10.8 Å². The number of nitrogens with two attached hydrogens (primary N) is 1. The van der Waals surface area contributed by atoms with Gasteiger partial charge in [-0.1, -0.05) is 13.0 Å². The molecule has 2 fully saturated rings. The minimum atomic E-state index is -0.114. The second-order valence-electron chi connectivity index (χ2n) is 6.33. The predicted molar refractivity (Wildman–Crippen MR) is 79.0 cm³/mol. The van der Waals surface area contributed by atoms with Crippen molar-refractivity contribution in [2.24, 2.45) is 17.6 Å². The Labute approximate surface area is 121 Å². The summed E-state index contributed by atoms with van der Waals surface area (Å²) in [6, 6.07) is 4.45. The molecular weight excluding hydrogens is 250 g/mol. The van der Waals surface area contributed by atoms with Crippen molar-refractivity contribution in [3.63, 3.8) is 0 Å². The Morgan fingerprint density at radius 1 is 1.45 bits per heavy atom. The highest BCUT2D eigenvalue weighted by molar-refractivity contribution is 5.17. The van der Waals surface area contributed by atoms with Crippen molar-refractivity contribution in [1.29, 1.82) is 0 Å². The number of aliphatic hydroxyl groups is 1. The molecule has 5 atom stereocenters. The van der Waals surface area contributed by atoms with Crippen LogP contribution in [0.5, 0.6) is 0 Å². The highest BCUT2D eigenvalue weighted by Gasteiger charge is 2.44. The molecule has 3 N–H and O–H groups in total. The highest BCUT2D eigenvalue weighted by Crippen LogP contribution is 2.41. The van der Waals surface area contributed by atoms with Gasteiger partial charge in [0, 0.05) is 37.4 Å². The second-order valence-corrected chi connectivity index (χ2v) is 6.33. The van der Waals surface area contributed by atoms with E-state index in [0.717, 1.165) is 32.4 Å². The number of hydrogen-bond donors (Lipinski definition) is 2. The first-order chi connectivity index (χ1) is 9.70. The maximum atomic E-state index is 10.1. The van der Waals surface area contributed by atoms with E-state index >= 15 is 0 Å². The number of nitrogens with zero attached hydrogens (tertiary/aromatic N) is 2. The van der Waals surface area contributed by atoms with Crippen molar-refractivity contribution in [3.8, 4) is 0 Å². The number of aromatic nitrogens is 1. The lowest BCUT2D eigenvalue weighted by Crippen LogP contribution is -2.40. The van der Waals surface area contributed by atoms with Gasteiger partial charge in [0.05, 0.1) is 12.1 Å². The summed E-state index contributed by atoms with van der Waals surface area (Å²) < 4.78 is 0. The van der Waals surface area contributed by atoms with E-state index in [4.69, 9.17) is 5.73 Å². The zero-order valence-electron chi connectivity index (χ0n) is 12.2. The molecule has 1 aromatic heterocycles. The Bertz CT molecular complexity index is 439. The van der Waals surface area contributed by atoms with Gasteiger partial charge in [0.15, 0.2) is 0 Å². The molecule has 3 rings (SSSR count). The zero-order chi connectivity index (χ0) is 14.1. The van der Waals surface area contributed by atoms with Gasteiger partial charge in [0.1, 0.15) is 0 Å². The molecule has 2 heterocycles. The lowest BCUT2D eigenvalue weighted by molar-refractivity contribution is 0.114. The molecule has 1 saturated carbocycles. The van der Waals surface area contributed by atoms with Crippen LogP contribution in [0, 0.1) is 11.8 Å². The van der Waals surface area contributed by atoms with Gasteiger partial charge in [0.25, 0.3) is 0 Å². The van der Waals surface area contributed by atoms with E-state index in [-0.39, 0.29) is 18.2 Å². The van der Waals surface area contributed by atoms with Crippen LogP contribution in [-0.4, -0.2) is 40.2 Å². The van der Waals surface area contributed by atoms with E-state index in [9.17, 15) is 5.11 Å². The van der Waals surface area contributed by atoms with Gasteiger partial charge >= 0.3 is 0 Å². The summed E-state index contributed by atoms with van der Waals surface area (Å²) in [6.07, 6.45) is 6.71. The van der Waals surface area contributed by atoms with Crippen LogP contribution in [0.4, 0.5) is 0 Å². The molecule has 2 aliphatic rings. The summed E-state index contributed by atoms with van der Waals surface area (Å²) in [6.45, 7) is 4.17. The SMILES string of the molecule is CCC(N)C(c1cccnc1)N1CC2CCC(O)C2C1. The normalized spacial score (nSPS) is 33.0. The molecule has 20 heavy (non-hydrogen) atoms. The third kappa shape index (κ3) is 2.48. The highest BCUT2D eigenvalue weighted by atomic mass is 16.3. The van der Waals surface area contributed by atoms with Crippen LogP contribution in [0.25, 0.3) is 0 Å². The molecule has 0 bridgehead atoms. The topological polar surface area (TPSA) is 62.4 Å². The van der Waals surface area contributed by atoms with Gasteiger partial charge in [-0.2, -0.15) is 0 Å². The number of pyridine rings is 1. The molecule has 4 heteroatoms. The molecule has 0 aromatic carbocycles. The third-order valence-corrected chi connectivity index (χ3v) is 5.14. The van der Waals surface area contributed by atoms with Crippen molar-refractivity contribution in [1.82, 2.24) is 9.88 Å². The van der Waals surface area contributed by atoms with Crippen molar-refractivity contribution >= 4 is 0 Å². The summed E-state index contributed by atoms with van der Waals surface area (Å²) >= 11 is 0. The van der Waals surface area contributed by atoms with E-state index in [0.29, 0.717) is 11.8 Å². The smallest absolute Gasteiger partial charge is 0.0583 e. The number of likely N-dealkylation sites (tertiary alicyclic amines) is 1. The van der Waals surface area contributed by atoms with E-state index in [2.05, 4.69) is 22.9 Å². The predicted octanol–water partition coefficient (Wildman–Crippen LogP) is 1.56. The minimum absolute atomic E-state index is 0.114. The summed E-state index contributed by atoms with van der Waals surface area (Å²) in [5.74, 6) is 1.09. The summed E-state index contributed by atoms with van der Waals surface area (Å²) in [5.41, 5.74) is 7.59. The quantitative estimate of drug-likeness (QED) is 0.875. The van der Waals surface area contributed by atoms with Crippen molar-refractivity contribution in [2.45, 2.75) is 44.4 Å². The van der Waals surface area contributed by atoms with Gasteiger partial charge in [-0.25, -0.2) is 0 Å². The lowest BCUT2D eigenvalue weighted by atomic mass is 9.97. The largest absolute Gasteiger partial charge is 0.393 e. The molecule has 1 saturated heterocycles. The van der Waals surface area contributed by atoms with Crippen LogP contribution in [0.3, 0.4) is 0 Å². The van der Waals surface area contributed by atoms with Gasteiger partial charge in [-0.05, 0) is 36.8 Å². The molecule has 1 aliphatic heterocycles.